The summed E-state index contributed by atoms with van der Waals surface area (Å²) in [6.45, 7) is 8.50. The number of nitrogens with one attached hydrogen (secondary N) is 1. The van der Waals surface area contributed by atoms with Crippen molar-refractivity contribution in [3.05, 3.63) is 64.3 Å². The Morgan fingerprint density at radius 2 is 1.77 bits per heavy atom. The number of halogens is 1. The predicted octanol–water partition coefficient (Wildman–Crippen LogP) is 4.84. The molecule has 0 aliphatic rings. The summed E-state index contributed by atoms with van der Waals surface area (Å²) in [5, 5.41) is 4.47. The molecule has 0 aliphatic heterocycles. The molecule has 2 aromatic carbocycles. The van der Waals surface area contributed by atoms with E-state index in [1.165, 1.54) is 0 Å². The van der Waals surface area contributed by atoms with Crippen molar-refractivity contribution in [2.24, 2.45) is 0 Å². The monoisotopic (exact) mass is 442 g/mol. The molecule has 3 rings (SSSR count). The van der Waals surface area contributed by atoms with Gasteiger partial charge in [0.05, 0.1) is 27.1 Å². The number of rotatable bonds is 6. The molecule has 1 N–H and O–H groups in total. The van der Waals surface area contributed by atoms with Gasteiger partial charge in [0, 0.05) is 27.8 Å². The van der Waals surface area contributed by atoms with Gasteiger partial charge in [-0.1, -0.05) is 31.2 Å². The highest BCUT2D eigenvalue weighted by molar-refractivity contribution is 6.76. The quantitative estimate of drug-likeness (QED) is 0.556. The number of amides is 1. The lowest BCUT2D eigenvalue weighted by Crippen LogP contribution is -2.40. The van der Waals surface area contributed by atoms with Crippen molar-refractivity contribution in [1.82, 2.24) is 9.88 Å². The predicted molar refractivity (Wildman–Crippen MR) is 124 cm³/mol. The van der Waals surface area contributed by atoms with Crippen LogP contribution in [-0.2, 0) is 11.2 Å². The highest BCUT2D eigenvalue weighted by atomic mass is 35.5. The van der Waals surface area contributed by atoms with E-state index in [2.05, 4.69) is 25.0 Å². The Morgan fingerprint density at radius 3 is 2.37 bits per heavy atom. The average Bonchev–Trinajstić information content (AvgIpc) is 2.96. The molecule has 0 spiro atoms. The Morgan fingerprint density at radius 1 is 1.10 bits per heavy atom. The molecule has 0 unspecified atom stereocenters. The fraction of sp³-hybridized carbons (Fsp3) is 0.304. The van der Waals surface area contributed by atoms with E-state index < -0.39 is 8.07 Å². The number of methoxy groups -OCH3 is 1. The minimum absolute atomic E-state index is 0.0404. The van der Waals surface area contributed by atoms with Crippen molar-refractivity contribution in [3.63, 3.8) is 0 Å². The molecular weight excluding hydrogens is 416 g/mol. The zero-order valence-corrected chi connectivity index (χ0v) is 19.8. The van der Waals surface area contributed by atoms with Crippen molar-refractivity contribution >= 4 is 42.4 Å². The van der Waals surface area contributed by atoms with Crippen LogP contribution in [-0.4, -0.2) is 37.7 Å². The second-order valence-electron chi connectivity index (χ2n) is 8.61. The third-order valence-electron chi connectivity index (χ3n) is 4.99. The van der Waals surface area contributed by atoms with Crippen molar-refractivity contribution in [2.45, 2.75) is 33.0 Å². The van der Waals surface area contributed by atoms with E-state index in [-0.39, 0.29) is 18.2 Å². The fourth-order valence-electron chi connectivity index (χ4n) is 3.38. The van der Waals surface area contributed by atoms with Crippen LogP contribution in [0.4, 0.5) is 0 Å². The molecule has 0 radical (unpaired) electrons. The summed E-state index contributed by atoms with van der Waals surface area (Å²) in [5.41, 5.74) is 2.87. The van der Waals surface area contributed by atoms with Gasteiger partial charge in [-0.2, -0.15) is 0 Å². The number of carbonyl (C=O) groups is 2. The van der Waals surface area contributed by atoms with Crippen LogP contribution in [0.2, 0.25) is 24.7 Å². The van der Waals surface area contributed by atoms with E-state index in [1.807, 2.05) is 25.1 Å². The third kappa shape index (κ3) is 4.76. The first-order valence-corrected chi connectivity index (χ1v) is 13.9. The molecule has 0 saturated carbocycles. The summed E-state index contributed by atoms with van der Waals surface area (Å²) < 4.78 is 7.04. The first kappa shape index (κ1) is 22.1. The number of ether oxygens (including phenoxy) is 1. The van der Waals surface area contributed by atoms with Crippen LogP contribution in [0, 0.1) is 6.92 Å². The van der Waals surface area contributed by atoms with E-state index in [9.17, 15) is 9.59 Å². The van der Waals surface area contributed by atoms with Crippen molar-refractivity contribution in [2.75, 3.05) is 13.3 Å². The summed E-state index contributed by atoms with van der Waals surface area (Å²) in [6.07, 6.45) is 0.928. The zero-order valence-electron chi connectivity index (χ0n) is 18.0. The number of aromatic nitrogens is 1. The van der Waals surface area contributed by atoms with E-state index in [0.29, 0.717) is 16.3 Å². The van der Waals surface area contributed by atoms with Gasteiger partial charge in [0.25, 0.3) is 5.91 Å². The molecule has 1 heterocycles. The normalized spacial score (nSPS) is 11.5. The number of nitrogens with zero attached hydrogens (tertiary/aromatic N) is 1. The van der Waals surface area contributed by atoms with Gasteiger partial charge in [0.2, 0.25) is 5.91 Å². The molecule has 3 aromatic rings. The van der Waals surface area contributed by atoms with Gasteiger partial charge in [-0.3, -0.25) is 14.2 Å². The zero-order chi connectivity index (χ0) is 22.1. The molecule has 0 aliphatic carbocycles. The van der Waals surface area contributed by atoms with Gasteiger partial charge in [-0.15, -0.1) is 0 Å². The van der Waals surface area contributed by atoms with Gasteiger partial charge in [-0.05, 0) is 55.0 Å². The van der Waals surface area contributed by atoms with Crippen molar-refractivity contribution < 1.29 is 14.3 Å². The Bertz CT molecular complexity index is 1100. The van der Waals surface area contributed by atoms with E-state index in [1.54, 1.807) is 35.9 Å². The number of fused-ring (bicyclic) bond motifs is 1. The summed E-state index contributed by atoms with van der Waals surface area (Å²) in [5.74, 6) is 0.483. The topological polar surface area (TPSA) is 60.3 Å². The minimum Gasteiger partial charge on any atom is -0.497 e. The highest BCUT2D eigenvalue weighted by Gasteiger charge is 2.22. The van der Waals surface area contributed by atoms with Crippen LogP contribution in [0.5, 0.6) is 5.75 Å². The lowest BCUT2D eigenvalue weighted by molar-refractivity contribution is -0.120. The maximum Gasteiger partial charge on any atom is 0.262 e. The molecule has 5 nitrogen and oxygen atoms in total. The number of hydrogen-bond acceptors (Lipinski definition) is 3. The van der Waals surface area contributed by atoms with Gasteiger partial charge in [0.1, 0.15) is 5.75 Å². The second-order valence-corrected chi connectivity index (χ2v) is 14.5. The molecule has 7 heteroatoms. The molecular formula is C23H27ClN2O3Si. The van der Waals surface area contributed by atoms with Gasteiger partial charge in [-0.25, -0.2) is 0 Å². The molecule has 158 valence electrons. The van der Waals surface area contributed by atoms with Gasteiger partial charge >= 0.3 is 0 Å². The summed E-state index contributed by atoms with van der Waals surface area (Å²) >= 11 is 5.97. The van der Waals surface area contributed by atoms with Crippen LogP contribution in [0.1, 0.15) is 21.6 Å². The number of carbonyl (C=O) groups excluding carboxylic acids is 2. The first-order chi connectivity index (χ1) is 14.1. The van der Waals surface area contributed by atoms with Gasteiger partial charge in [0.15, 0.2) is 0 Å². The molecule has 1 amide bonds. The number of benzene rings is 2. The Hall–Kier alpha value is -2.57. The molecule has 30 heavy (non-hydrogen) atoms. The SMILES string of the molecule is COc1ccc2c(c1)c(CC(=O)NC[Si](C)(C)C)c(C)n2C(=O)c1ccc(Cl)cc1. The smallest absolute Gasteiger partial charge is 0.262 e. The van der Waals surface area contributed by atoms with Crippen LogP contribution < -0.4 is 10.1 Å². The van der Waals surface area contributed by atoms with Crippen LogP contribution in [0.25, 0.3) is 10.9 Å². The molecule has 0 atom stereocenters. The standard InChI is InChI=1S/C23H27ClN2O3Si/c1-15-19(13-22(27)25-14-30(3,4)5)20-12-18(29-2)10-11-21(20)26(15)23(28)16-6-8-17(24)9-7-16/h6-12H,13-14H2,1-5H3,(H,25,27). The van der Waals surface area contributed by atoms with Crippen molar-refractivity contribution in [3.8, 4) is 5.75 Å². The molecule has 0 saturated heterocycles. The second kappa shape index (κ2) is 8.66. The van der Waals surface area contributed by atoms with E-state index in [4.69, 9.17) is 16.3 Å². The maximum absolute atomic E-state index is 13.3. The molecule has 0 bridgehead atoms. The van der Waals surface area contributed by atoms with Crippen molar-refractivity contribution in [1.29, 1.82) is 0 Å². The van der Waals surface area contributed by atoms with Crippen LogP contribution in [0.15, 0.2) is 42.5 Å². The summed E-state index contributed by atoms with van der Waals surface area (Å²) in [7, 11) is 0.199. The van der Waals surface area contributed by atoms with Gasteiger partial charge < -0.3 is 10.1 Å². The Balaban J connectivity index is 2.06. The lowest BCUT2D eigenvalue weighted by atomic mass is 10.1. The first-order valence-electron chi connectivity index (χ1n) is 9.85. The molecule has 0 fully saturated rings. The fourth-order valence-corrected chi connectivity index (χ4v) is 4.24. The largest absolute Gasteiger partial charge is 0.497 e. The van der Waals surface area contributed by atoms with E-state index >= 15 is 0 Å². The summed E-state index contributed by atoms with van der Waals surface area (Å²) in [6, 6.07) is 12.4. The minimum atomic E-state index is -1.40. The van der Waals surface area contributed by atoms with Crippen LogP contribution >= 0.6 is 11.6 Å². The highest BCUT2D eigenvalue weighted by Crippen LogP contribution is 2.30. The maximum atomic E-state index is 13.3. The Kier molecular flexibility index (Phi) is 6.38. The third-order valence-corrected chi connectivity index (χ3v) is 6.48. The Labute approximate surface area is 183 Å². The van der Waals surface area contributed by atoms with Crippen LogP contribution in [0.3, 0.4) is 0 Å². The average molecular weight is 443 g/mol. The van der Waals surface area contributed by atoms with E-state index in [0.717, 1.165) is 28.3 Å². The lowest BCUT2D eigenvalue weighted by Gasteiger charge is -2.16. The number of hydrogen-bond donors (Lipinski definition) is 1. The summed E-state index contributed by atoms with van der Waals surface area (Å²) in [4.78, 5) is 26.0. The molecule has 1 aromatic heterocycles.